The van der Waals surface area contributed by atoms with E-state index in [0.29, 0.717) is 12.3 Å². The normalized spacial score (nSPS) is 16.6. The zero-order chi connectivity index (χ0) is 18.0. The third-order valence-corrected chi connectivity index (χ3v) is 6.21. The maximum absolute atomic E-state index is 12.8. The number of hydrogen-bond acceptors (Lipinski definition) is 4. The number of fused-ring (bicyclic) bond motifs is 1. The summed E-state index contributed by atoms with van der Waals surface area (Å²) in [6, 6.07) is 13.4. The van der Waals surface area contributed by atoms with Crippen molar-refractivity contribution < 1.29 is 17.9 Å². The zero-order valence-electron chi connectivity index (χ0n) is 14.3. The first-order valence-corrected chi connectivity index (χ1v) is 9.67. The molecule has 0 fully saturated rings. The molecule has 0 N–H and O–H groups in total. The molecule has 0 saturated carbocycles. The van der Waals surface area contributed by atoms with Crippen molar-refractivity contribution in [3.05, 3.63) is 54.1 Å². The van der Waals surface area contributed by atoms with Crippen molar-refractivity contribution in [1.29, 1.82) is 0 Å². The van der Waals surface area contributed by atoms with Gasteiger partial charge in [0, 0.05) is 14.0 Å². The summed E-state index contributed by atoms with van der Waals surface area (Å²) >= 11 is 0. The highest BCUT2D eigenvalue weighted by Gasteiger charge is 2.25. The summed E-state index contributed by atoms with van der Waals surface area (Å²) in [6.07, 6.45) is 1.48. The highest BCUT2D eigenvalue weighted by atomic mass is 32.2. The minimum Gasteiger partial charge on any atom is -0.488 e. The molecule has 0 spiro atoms. The van der Waals surface area contributed by atoms with Crippen molar-refractivity contribution in [2.24, 2.45) is 0 Å². The van der Waals surface area contributed by atoms with E-state index >= 15 is 0 Å². The van der Waals surface area contributed by atoms with E-state index in [0.717, 1.165) is 18.4 Å². The van der Waals surface area contributed by atoms with Crippen LogP contribution in [0.15, 0.2) is 58.3 Å². The predicted octanol–water partition coefficient (Wildman–Crippen LogP) is 2.69. The maximum atomic E-state index is 12.8. The van der Waals surface area contributed by atoms with Crippen LogP contribution in [0.25, 0.3) is 0 Å². The second kappa shape index (κ2) is 6.88. The van der Waals surface area contributed by atoms with Gasteiger partial charge in [0.05, 0.1) is 16.3 Å². The lowest BCUT2D eigenvalue weighted by atomic mass is 10.0. The van der Waals surface area contributed by atoms with Gasteiger partial charge in [0.25, 0.3) is 0 Å². The first-order chi connectivity index (χ1) is 11.9. The average molecular weight is 359 g/mol. The molecule has 2 aromatic carbocycles. The highest BCUT2D eigenvalue weighted by Crippen LogP contribution is 2.32. The van der Waals surface area contributed by atoms with Crippen LogP contribution in [0.2, 0.25) is 0 Å². The number of benzene rings is 2. The van der Waals surface area contributed by atoms with Crippen LogP contribution in [-0.2, 0) is 21.1 Å². The standard InChI is InChI=1S/C19H21NO4S/c1-14(21)20(2)13-16-10-8-15-9-11-18(12-19(15)24-16)25(22,23)17-6-4-3-5-7-17/h3-7,9,11-12,16H,8,10,13H2,1-2H3/t16-/m1/s1. The Morgan fingerprint density at radius 2 is 1.88 bits per heavy atom. The zero-order valence-corrected chi connectivity index (χ0v) is 15.1. The van der Waals surface area contributed by atoms with Gasteiger partial charge in [-0.3, -0.25) is 4.79 Å². The Morgan fingerprint density at radius 3 is 2.56 bits per heavy atom. The van der Waals surface area contributed by atoms with Gasteiger partial charge in [-0.25, -0.2) is 8.42 Å². The molecule has 0 aromatic heterocycles. The molecule has 1 aliphatic heterocycles. The number of ether oxygens (including phenoxy) is 1. The number of rotatable bonds is 4. The number of carbonyl (C=O) groups is 1. The van der Waals surface area contributed by atoms with E-state index in [2.05, 4.69) is 0 Å². The third-order valence-electron chi connectivity index (χ3n) is 4.45. The Kier molecular flexibility index (Phi) is 4.81. The lowest BCUT2D eigenvalue weighted by molar-refractivity contribution is -0.128. The summed E-state index contributed by atoms with van der Waals surface area (Å²) in [4.78, 5) is 13.5. The van der Waals surface area contributed by atoms with E-state index in [9.17, 15) is 13.2 Å². The Bertz CT molecular complexity index is 878. The first-order valence-electron chi connectivity index (χ1n) is 8.19. The van der Waals surface area contributed by atoms with Crippen LogP contribution in [0, 0.1) is 0 Å². The van der Waals surface area contributed by atoms with Gasteiger partial charge in [0.1, 0.15) is 11.9 Å². The van der Waals surface area contributed by atoms with Crippen LogP contribution in [-0.4, -0.2) is 38.9 Å². The number of likely N-dealkylation sites (N-methyl/N-ethyl adjacent to an activating group) is 1. The number of hydrogen-bond donors (Lipinski definition) is 0. The van der Waals surface area contributed by atoms with Crippen LogP contribution < -0.4 is 4.74 Å². The molecule has 25 heavy (non-hydrogen) atoms. The minimum absolute atomic E-state index is 0.0187. The second-order valence-corrected chi connectivity index (χ2v) is 8.21. The topological polar surface area (TPSA) is 63.7 Å². The van der Waals surface area contributed by atoms with Crippen molar-refractivity contribution in [1.82, 2.24) is 4.90 Å². The van der Waals surface area contributed by atoms with Crippen LogP contribution in [0.4, 0.5) is 0 Å². The van der Waals surface area contributed by atoms with Gasteiger partial charge in [-0.2, -0.15) is 0 Å². The fourth-order valence-electron chi connectivity index (χ4n) is 2.87. The predicted molar refractivity (Wildman–Crippen MR) is 94.4 cm³/mol. The summed E-state index contributed by atoms with van der Waals surface area (Å²) in [7, 11) is -1.84. The summed E-state index contributed by atoms with van der Waals surface area (Å²) in [5.41, 5.74) is 0.994. The molecule has 1 atom stereocenters. The summed E-state index contributed by atoms with van der Waals surface area (Å²) < 4.78 is 31.5. The molecule has 0 radical (unpaired) electrons. The Morgan fingerprint density at radius 1 is 1.16 bits per heavy atom. The molecule has 1 amide bonds. The van der Waals surface area contributed by atoms with E-state index < -0.39 is 9.84 Å². The summed E-state index contributed by atoms with van der Waals surface area (Å²) in [5.74, 6) is 0.569. The van der Waals surface area contributed by atoms with Crippen molar-refractivity contribution in [2.45, 2.75) is 35.7 Å². The van der Waals surface area contributed by atoms with Crippen LogP contribution in [0.5, 0.6) is 5.75 Å². The van der Waals surface area contributed by atoms with E-state index in [1.54, 1.807) is 54.4 Å². The molecular weight excluding hydrogens is 338 g/mol. The van der Waals surface area contributed by atoms with Gasteiger partial charge in [-0.15, -0.1) is 0 Å². The third kappa shape index (κ3) is 3.69. The molecule has 0 aliphatic carbocycles. The van der Waals surface area contributed by atoms with Crippen LogP contribution >= 0.6 is 0 Å². The monoisotopic (exact) mass is 359 g/mol. The molecule has 6 heteroatoms. The lowest BCUT2D eigenvalue weighted by Crippen LogP contribution is -2.37. The lowest BCUT2D eigenvalue weighted by Gasteiger charge is -2.29. The van der Waals surface area contributed by atoms with Crippen molar-refractivity contribution in [3.63, 3.8) is 0 Å². The maximum Gasteiger partial charge on any atom is 0.219 e. The van der Waals surface area contributed by atoms with Gasteiger partial charge in [0.15, 0.2) is 0 Å². The molecule has 1 heterocycles. The van der Waals surface area contributed by atoms with Gasteiger partial charge >= 0.3 is 0 Å². The van der Waals surface area contributed by atoms with E-state index in [4.69, 9.17) is 4.74 Å². The summed E-state index contributed by atoms with van der Waals surface area (Å²) in [5, 5.41) is 0. The van der Waals surface area contributed by atoms with E-state index in [-0.39, 0.29) is 21.8 Å². The number of amides is 1. The average Bonchev–Trinajstić information content (AvgIpc) is 2.61. The Labute approximate surface area is 148 Å². The second-order valence-electron chi connectivity index (χ2n) is 6.26. The van der Waals surface area contributed by atoms with Gasteiger partial charge in [-0.1, -0.05) is 24.3 Å². The van der Waals surface area contributed by atoms with Crippen LogP contribution in [0.3, 0.4) is 0 Å². The minimum atomic E-state index is -3.57. The molecule has 132 valence electrons. The molecule has 3 rings (SSSR count). The molecule has 0 unspecified atom stereocenters. The number of aryl methyl sites for hydroxylation is 1. The summed E-state index contributed by atoms with van der Waals surface area (Å²) in [6.45, 7) is 2.01. The number of nitrogens with zero attached hydrogens (tertiary/aromatic N) is 1. The van der Waals surface area contributed by atoms with Crippen LogP contribution in [0.1, 0.15) is 18.9 Å². The largest absolute Gasteiger partial charge is 0.488 e. The highest BCUT2D eigenvalue weighted by molar-refractivity contribution is 7.91. The van der Waals surface area contributed by atoms with Crippen molar-refractivity contribution in [2.75, 3.05) is 13.6 Å². The molecule has 0 bridgehead atoms. The quantitative estimate of drug-likeness (QED) is 0.842. The Hall–Kier alpha value is -2.34. The van der Waals surface area contributed by atoms with Crippen molar-refractivity contribution >= 4 is 15.7 Å². The number of sulfone groups is 1. The van der Waals surface area contributed by atoms with Gasteiger partial charge in [-0.05, 0) is 42.7 Å². The molecule has 2 aromatic rings. The van der Waals surface area contributed by atoms with Gasteiger partial charge < -0.3 is 9.64 Å². The van der Waals surface area contributed by atoms with E-state index in [1.165, 1.54) is 6.92 Å². The smallest absolute Gasteiger partial charge is 0.219 e. The van der Waals surface area contributed by atoms with E-state index in [1.807, 2.05) is 6.07 Å². The van der Waals surface area contributed by atoms with Gasteiger partial charge in [0.2, 0.25) is 15.7 Å². The molecule has 0 saturated heterocycles. The van der Waals surface area contributed by atoms with Crippen molar-refractivity contribution in [3.8, 4) is 5.75 Å². The molecular formula is C19H21NO4S. The SMILES string of the molecule is CC(=O)N(C)C[C@H]1CCc2ccc(S(=O)(=O)c3ccccc3)cc2O1. The molecule has 5 nitrogen and oxygen atoms in total. The fourth-order valence-corrected chi connectivity index (χ4v) is 4.17. The Balaban J connectivity index is 1.86. The molecule has 1 aliphatic rings. The number of carbonyl (C=O) groups excluding carboxylic acids is 1. The first kappa shape index (κ1) is 17.5. The fraction of sp³-hybridized carbons (Fsp3) is 0.316.